The fourth-order valence-electron chi connectivity index (χ4n) is 3.47. The van der Waals surface area contributed by atoms with Crippen LogP contribution in [0, 0.1) is 11.7 Å². The number of rotatable bonds is 7. The van der Waals surface area contributed by atoms with E-state index in [1.165, 1.54) is 10.4 Å². The molecule has 0 aromatic heterocycles. The molecule has 3 rings (SSSR count). The minimum Gasteiger partial charge on any atom is -0.377 e. The van der Waals surface area contributed by atoms with Gasteiger partial charge in [-0.25, -0.2) is 12.8 Å². The summed E-state index contributed by atoms with van der Waals surface area (Å²) in [4.78, 5) is 0. The molecule has 1 spiro atoms. The monoisotopic (exact) mass is 371 g/mol. The number of ether oxygens (including phenoxy) is 2. The largest absolute Gasteiger partial charge is 0.377 e. The quantitative estimate of drug-likeness (QED) is 0.691. The Bertz CT molecular complexity index is 701. The van der Waals surface area contributed by atoms with E-state index in [1.54, 1.807) is 32.0 Å². The van der Waals surface area contributed by atoms with Gasteiger partial charge < -0.3 is 9.47 Å². The topological polar surface area (TPSA) is 55.8 Å². The van der Waals surface area contributed by atoms with Crippen molar-refractivity contribution in [3.63, 3.8) is 0 Å². The second-order valence-electron chi connectivity index (χ2n) is 7.36. The van der Waals surface area contributed by atoms with Crippen LogP contribution in [0.15, 0.2) is 24.3 Å². The van der Waals surface area contributed by atoms with Crippen LogP contribution >= 0.6 is 0 Å². The van der Waals surface area contributed by atoms with Crippen molar-refractivity contribution in [2.45, 2.75) is 44.1 Å². The molecule has 0 amide bonds. The summed E-state index contributed by atoms with van der Waals surface area (Å²) in [6.07, 6.45) is 1.70. The molecule has 0 saturated carbocycles. The van der Waals surface area contributed by atoms with E-state index in [4.69, 9.17) is 9.47 Å². The van der Waals surface area contributed by atoms with Crippen LogP contribution < -0.4 is 0 Å². The first-order valence-electron chi connectivity index (χ1n) is 8.76. The smallest absolute Gasteiger partial charge is 0.216 e. The molecule has 2 heterocycles. The Morgan fingerprint density at radius 3 is 2.76 bits per heavy atom. The summed E-state index contributed by atoms with van der Waals surface area (Å²) in [5, 5.41) is -0.395. The third kappa shape index (κ3) is 4.05. The number of benzene rings is 1. The zero-order chi connectivity index (χ0) is 18.1. The van der Waals surface area contributed by atoms with E-state index in [9.17, 15) is 12.8 Å². The molecule has 2 fully saturated rings. The Kier molecular flexibility index (Phi) is 5.48. The molecule has 1 aromatic carbocycles. The van der Waals surface area contributed by atoms with E-state index in [2.05, 4.69) is 0 Å². The summed E-state index contributed by atoms with van der Waals surface area (Å²) in [5.74, 6) is 0.121. The molecule has 5 nitrogen and oxygen atoms in total. The van der Waals surface area contributed by atoms with E-state index in [0.717, 1.165) is 12.8 Å². The van der Waals surface area contributed by atoms with Gasteiger partial charge in [0.15, 0.2) is 0 Å². The standard InChI is InChI=1S/C18H26FNO4S/c1-14(2)25(21,22)20-12-18(13-20)9-15(10-24-18)7-8-23-11-16-5-3-4-6-17(16)19/h3-6,14-15H,7-13H2,1-2H3. The molecule has 2 saturated heterocycles. The van der Waals surface area contributed by atoms with Crippen LogP contribution in [0.4, 0.5) is 4.39 Å². The van der Waals surface area contributed by atoms with Gasteiger partial charge in [-0.15, -0.1) is 0 Å². The molecule has 1 unspecified atom stereocenters. The Morgan fingerprint density at radius 1 is 1.36 bits per heavy atom. The van der Waals surface area contributed by atoms with Crippen molar-refractivity contribution < 1.29 is 22.3 Å². The van der Waals surface area contributed by atoms with Gasteiger partial charge in [0.25, 0.3) is 0 Å². The molecule has 140 valence electrons. The maximum absolute atomic E-state index is 13.5. The normalized spacial score (nSPS) is 23.3. The maximum Gasteiger partial charge on any atom is 0.216 e. The predicted octanol–water partition coefficient (Wildman–Crippen LogP) is 2.56. The molecule has 1 atom stereocenters. The fraction of sp³-hybridized carbons (Fsp3) is 0.667. The van der Waals surface area contributed by atoms with Gasteiger partial charge in [0.05, 0.1) is 24.1 Å². The molecular weight excluding hydrogens is 345 g/mol. The molecule has 25 heavy (non-hydrogen) atoms. The van der Waals surface area contributed by atoms with Crippen LogP contribution in [0.2, 0.25) is 0 Å². The van der Waals surface area contributed by atoms with Gasteiger partial charge in [0.2, 0.25) is 10.0 Å². The first-order valence-corrected chi connectivity index (χ1v) is 10.3. The van der Waals surface area contributed by atoms with Crippen molar-refractivity contribution >= 4 is 10.0 Å². The minimum atomic E-state index is -3.18. The van der Waals surface area contributed by atoms with Gasteiger partial charge in [-0.3, -0.25) is 0 Å². The lowest BCUT2D eigenvalue weighted by Crippen LogP contribution is -2.64. The Labute approximate surface area is 149 Å². The van der Waals surface area contributed by atoms with Gasteiger partial charge in [0.1, 0.15) is 5.82 Å². The zero-order valence-electron chi connectivity index (χ0n) is 14.8. The minimum absolute atomic E-state index is 0.244. The average molecular weight is 371 g/mol. The molecule has 0 aliphatic carbocycles. The SMILES string of the molecule is CC(C)S(=O)(=O)N1CC2(CC(CCOCc3ccccc3F)CO2)C1. The summed E-state index contributed by atoms with van der Waals surface area (Å²) in [7, 11) is -3.18. The highest BCUT2D eigenvalue weighted by Gasteiger charge is 2.53. The molecule has 2 aliphatic rings. The maximum atomic E-state index is 13.5. The van der Waals surface area contributed by atoms with Gasteiger partial charge in [-0.05, 0) is 38.7 Å². The van der Waals surface area contributed by atoms with Crippen molar-refractivity contribution in [3.8, 4) is 0 Å². The van der Waals surface area contributed by atoms with E-state index in [1.807, 2.05) is 0 Å². The van der Waals surface area contributed by atoms with Gasteiger partial charge in [-0.1, -0.05) is 18.2 Å². The number of hydrogen-bond acceptors (Lipinski definition) is 4. The summed E-state index contributed by atoms with van der Waals surface area (Å²) in [5.41, 5.74) is 0.258. The van der Waals surface area contributed by atoms with E-state index in [0.29, 0.717) is 37.8 Å². The lowest BCUT2D eigenvalue weighted by atomic mass is 9.88. The average Bonchev–Trinajstić information content (AvgIpc) is 2.96. The number of nitrogens with zero attached hydrogens (tertiary/aromatic N) is 1. The van der Waals surface area contributed by atoms with Crippen LogP contribution in [0.3, 0.4) is 0 Å². The van der Waals surface area contributed by atoms with Crippen LogP contribution in [0.25, 0.3) is 0 Å². The molecule has 0 N–H and O–H groups in total. The highest BCUT2D eigenvalue weighted by atomic mass is 32.2. The second-order valence-corrected chi connectivity index (χ2v) is 9.85. The zero-order valence-corrected chi connectivity index (χ0v) is 15.6. The van der Waals surface area contributed by atoms with Crippen molar-refractivity contribution in [1.29, 1.82) is 0 Å². The van der Waals surface area contributed by atoms with E-state index in [-0.39, 0.29) is 18.0 Å². The molecule has 1 aromatic rings. The Hall–Kier alpha value is -1.02. The van der Waals surface area contributed by atoms with Crippen LogP contribution in [-0.2, 0) is 26.1 Å². The van der Waals surface area contributed by atoms with Crippen molar-refractivity contribution in [2.24, 2.45) is 5.92 Å². The van der Waals surface area contributed by atoms with Crippen LogP contribution in [-0.4, -0.2) is 49.9 Å². The third-order valence-electron chi connectivity index (χ3n) is 5.06. The molecule has 0 bridgehead atoms. The number of hydrogen-bond donors (Lipinski definition) is 0. The van der Waals surface area contributed by atoms with Gasteiger partial charge in [0, 0.05) is 25.3 Å². The lowest BCUT2D eigenvalue weighted by molar-refractivity contribution is -0.0776. The van der Waals surface area contributed by atoms with Crippen molar-refractivity contribution in [3.05, 3.63) is 35.6 Å². The molecule has 2 aliphatic heterocycles. The van der Waals surface area contributed by atoms with Gasteiger partial charge in [-0.2, -0.15) is 4.31 Å². The predicted molar refractivity (Wildman–Crippen MR) is 93.1 cm³/mol. The van der Waals surface area contributed by atoms with Crippen molar-refractivity contribution in [1.82, 2.24) is 4.31 Å². The highest BCUT2D eigenvalue weighted by Crippen LogP contribution is 2.40. The van der Waals surface area contributed by atoms with Crippen LogP contribution in [0.1, 0.15) is 32.3 Å². The van der Waals surface area contributed by atoms with Crippen molar-refractivity contribution in [2.75, 3.05) is 26.3 Å². The molecule has 7 heteroatoms. The molecular formula is C18H26FNO4S. The van der Waals surface area contributed by atoms with Crippen LogP contribution in [0.5, 0.6) is 0 Å². The summed E-state index contributed by atoms with van der Waals surface area (Å²) < 4.78 is 50.8. The lowest BCUT2D eigenvalue weighted by Gasteiger charge is -2.46. The summed E-state index contributed by atoms with van der Waals surface area (Å²) >= 11 is 0. The first kappa shape index (κ1) is 18.8. The number of halogens is 1. The second kappa shape index (κ2) is 7.31. The third-order valence-corrected chi connectivity index (χ3v) is 7.23. The highest BCUT2D eigenvalue weighted by molar-refractivity contribution is 7.89. The van der Waals surface area contributed by atoms with E-state index >= 15 is 0 Å². The van der Waals surface area contributed by atoms with E-state index < -0.39 is 15.3 Å². The Balaban J connectivity index is 1.39. The first-order chi connectivity index (χ1) is 11.8. The molecule has 0 radical (unpaired) electrons. The fourth-order valence-corrected chi connectivity index (χ4v) is 4.89. The van der Waals surface area contributed by atoms with Gasteiger partial charge >= 0.3 is 0 Å². The summed E-state index contributed by atoms with van der Waals surface area (Å²) in [6.45, 7) is 5.77. The summed E-state index contributed by atoms with van der Waals surface area (Å²) in [6, 6.07) is 6.61. The number of sulfonamides is 1. The Morgan fingerprint density at radius 2 is 2.08 bits per heavy atom.